The zero-order valence-electron chi connectivity index (χ0n) is 11.0. The van der Waals surface area contributed by atoms with Crippen molar-refractivity contribution in [2.24, 2.45) is 5.84 Å². The molecule has 6 nitrogen and oxygen atoms in total. The van der Waals surface area contributed by atoms with Crippen LogP contribution in [0.2, 0.25) is 10.0 Å². The number of carbonyl (C=O) groups is 1. The molecule has 0 spiro atoms. The van der Waals surface area contributed by atoms with Crippen LogP contribution in [-0.2, 0) is 0 Å². The molecule has 2 rings (SSSR count). The third kappa shape index (κ3) is 3.55. The maximum Gasteiger partial charge on any atom is 0.275 e. The number of nitrogen functional groups attached to an aromatic ring is 1. The Bertz CT molecular complexity index is 679. The van der Waals surface area contributed by atoms with Gasteiger partial charge in [-0.15, -0.1) is 0 Å². The minimum absolute atomic E-state index is 0.0565. The van der Waals surface area contributed by atoms with Crippen molar-refractivity contribution in [3.63, 3.8) is 0 Å². The number of amides is 1. The molecule has 0 aliphatic rings. The topological polar surface area (TPSA) is 89.3 Å². The van der Waals surface area contributed by atoms with E-state index in [1.165, 1.54) is 13.2 Å². The molecule has 21 heavy (non-hydrogen) atoms. The van der Waals surface area contributed by atoms with Crippen LogP contribution in [0, 0.1) is 0 Å². The van der Waals surface area contributed by atoms with Gasteiger partial charge in [-0.2, -0.15) is 0 Å². The van der Waals surface area contributed by atoms with E-state index in [-0.39, 0.29) is 10.7 Å². The maximum atomic E-state index is 12.2. The van der Waals surface area contributed by atoms with E-state index in [1.54, 1.807) is 24.3 Å². The number of anilines is 2. The highest BCUT2D eigenvalue weighted by atomic mass is 35.5. The largest absolute Gasteiger partial charge is 0.495 e. The molecule has 1 heterocycles. The molecule has 0 unspecified atom stereocenters. The lowest BCUT2D eigenvalue weighted by atomic mass is 10.2. The van der Waals surface area contributed by atoms with Gasteiger partial charge >= 0.3 is 0 Å². The maximum absolute atomic E-state index is 12.2. The van der Waals surface area contributed by atoms with Crippen molar-refractivity contribution in [3.8, 4) is 5.75 Å². The van der Waals surface area contributed by atoms with Gasteiger partial charge in [-0.1, -0.05) is 23.2 Å². The number of rotatable bonds is 4. The van der Waals surface area contributed by atoms with Crippen LogP contribution in [0.5, 0.6) is 5.75 Å². The summed E-state index contributed by atoms with van der Waals surface area (Å²) in [6.45, 7) is 0. The highest BCUT2D eigenvalue weighted by Crippen LogP contribution is 2.28. The van der Waals surface area contributed by atoms with E-state index in [9.17, 15) is 4.79 Å². The molecule has 0 atom stereocenters. The molecule has 2 aromatic rings. The van der Waals surface area contributed by atoms with Crippen LogP contribution in [0.4, 0.5) is 11.5 Å². The third-order valence-electron chi connectivity index (χ3n) is 2.62. The number of halogens is 2. The van der Waals surface area contributed by atoms with E-state index in [2.05, 4.69) is 15.7 Å². The second-order valence-corrected chi connectivity index (χ2v) is 4.79. The molecule has 1 aromatic heterocycles. The Morgan fingerprint density at radius 2 is 1.95 bits per heavy atom. The second kappa shape index (κ2) is 6.62. The molecule has 0 fully saturated rings. The molecular formula is C13H12Cl2N4O2. The quantitative estimate of drug-likeness (QED) is 0.593. The molecule has 0 bridgehead atoms. The normalized spacial score (nSPS) is 10.1. The van der Waals surface area contributed by atoms with Gasteiger partial charge in [0.25, 0.3) is 5.91 Å². The summed E-state index contributed by atoms with van der Waals surface area (Å²) < 4.78 is 5.08. The first-order valence-electron chi connectivity index (χ1n) is 5.83. The monoisotopic (exact) mass is 326 g/mol. The highest BCUT2D eigenvalue weighted by molar-refractivity contribution is 6.34. The van der Waals surface area contributed by atoms with Gasteiger partial charge in [0.1, 0.15) is 17.3 Å². The summed E-state index contributed by atoms with van der Waals surface area (Å²) in [5.74, 6) is 5.57. The molecular weight excluding hydrogens is 315 g/mol. The van der Waals surface area contributed by atoms with Crippen LogP contribution in [0.1, 0.15) is 10.5 Å². The average Bonchev–Trinajstić information content (AvgIpc) is 2.49. The lowest BCUT2D eigenvalue weighted by Gasteiger charge is -2.09. The number of benzene rings is 1. The van der Waals surface area contributed by atoms with E-state index in [0.29, 0.717) is 22.3 Å². The van der Waals surface area contributed by atoms with Crippen LogP contribution in [0.25, 0.3) is 0 Å². The number of nitrogens with two attached hydrogens (primary N) is 1. The second-order valence-electron chi connectivity index (χ2n) is 3.97. The molecule has 110 valence electrons. The number of aromatic nitrogens is 1. The Kier molecular flexibility index (Phi) is 4.85. The van der Waals surface area contributed by atoms with Crippen molar-refractivity contribution in [1.29, 1.82) is 0 Å². The number of carbonyl (C=O) groups excluding carboxylic acids is 1. The van der Waals surface area contributed by atoms with E-state index < -0.39 is 5.91 Å². The Morgan fingerprint density at radius 3 is 2.62 bits per heavy atom. The summed E-state index contributed by atoms with van der Waals surface area (Å²) >= 11 is 11.9. The van der Waals surface area contributed by atoms with Crippen molar-refractivity contribution < 1.29 is 9.53 Å². The molecule has 0 aliphatic heterocycles. The fraction of sp³-hybridized carbons (Fsp3) is 0.0769. The Labute approximate surface area is 131 Å². The first-order valence-corrected chi connectivity index (χ1v) is 6.58. The molecule has 1 aromatic carbocycles. The Morgan fingerprint density at radius 1 is 1.24 bits per heavy atom. The summed E-state index contributed by atoms with van der Waals surface area (Å²) in [4.78, 5) is 16.2. The summed E-state index contributed by atoms with van der Waals surface area (Å²) in [5, 5.41) is 3.32. The first kappa shape index (κ1) is 15.4. The zero-order chi connectivity index (χ0) is 15.4. The number of hydrogen-bond acceptors (Lipinski definition) is 5. The van der Waals surface area contributed by atoms with Crippen LogP contribution in [0.3, 0.4) is 0 Å². The fourth-order valence-electron chi connectivity index (χ4n) is 1.61. The minimum Gasteiger partial charge on any atom is -0.495 e. The molecule has 0 aliphatic carbocycles. The molecule has 4 N–H and O–H groups in total. The Hall–Kier alpha value is -2.02. The van der Waals surface area contributed by atoms with Crippen molar-refractivity contribution >= 4 is 40.6 Å². The van der Waals surface area contributed by atoms with E-state index >= 15 is 0 Å². The van der Waals surface area contributed by atoms with Gasteiger partial charge < -0.3 is 15.5 Å². The number of ether oxygens (including phenoxy) is 1. The average molecular weight is 327 g/mol. The van der Waals surface area contributed by atoms with Gasteiger partial charge in [-0.05, 0) is 24.3 Å². The van der Waals surface area contributed by atoms with Gasteiger partial charge in [-0.3, -0.25) is 4.79 Å². The predicted molar refractivity (Wildman–Crippen MR) is 83.0 cm³/mol. The van der Waals surface area contributed by atoms with Crippen LogP contribution < -0.4 is 21.3 Å². The molecule has 0 radical (unpaired) electrons. The van der Waals surface area contributed by atoms with Gasteiger partial charge in [-0.25, -0.2) is 10.8 Å². The van der Waals surface area contributed by atoms with Crippen LogP contribution in [0.15, 0.2) is 30.3 Å². The number of hydrogen-bond donors (Lipinski definition) is 3. The number of methoxy groups -OCH3 is 1. The van der Waals surface area contributed by atoms with Crippen molar-refractivity contribution in [1.82, 2.24) is 4.98 Å². The summed E-state index contributed by atoms with van der Waals surface area (Å²) in [7, 11) is 1.49. The zero-order valence-corrected chi connectivity index (χ0v) is 12.5. The van der Waals surface area contributed by atoms with Gasteiger partial charge in [0.2, 0.25) is 0 Å². The fourth-order valence-corrected chi connectivity index (χ4v) is 2.00. The SMILES string of the molecule is COc1cc(NC(=O)c2nc(NN)ccc2Cl)ccc1Cl. The number of pyridine rings is 1. The lowest BCUT2D eigenvalue weighted by Crippen LogP contribution is -2.16. The third-order valence-corrected chi connectivity index (χ3v) is 3.24. The standard InChI is InChI=1S/C13H12Cl2N4O2/c1-21-10-6-7(2-3-8(10)14)17-13(20)12-9(15)4-5-11(18-12)19-16/h2-6H,16H2,1H3,(H,17,20)(H,18,19). The van der Waals surface area contributed by atoms with Crippen molar-refractivity contribution in [3.05, 3.63) is 46.1 Å². The van der Waals surface area contributed by atoms with E-state index in [0.717, 1.165) is 0 Å². The van der Waals surface area contributed by atoms with Crippen molar-refractivity contribution in [2.45, 2.75) is 0 Å². The van der Waals surface area contributed by atoms with Gasteiger partial charge in [0, 0.05) is 11.8 Å². The lowest BCUT2D eigenvalue weighted by molar-refractivity contribution is 0.102. The Balaban J connectivity index is 2.25. The van der Waals surface area contributed by atoms with Gasteiger partial charge in [0.05, 0.1) is 17.2 Å². The summed E-state index contributed by atoms with van der Waals surface area (Å²) in [5.41, 5.74) is 2.91. The van der Waals surface area contributed by atoms with Crippen LogP contribution >= 0.6 is 23.2 Å². The van der Waals surface area contributed by atoms with E-state index in [1.807, 2.05) is 0 Å². The van der Waals surface area contributed by atoms with Crippen LogP contribution in [-0.4, -0.2) is 18.0 Å². The predicted octanol–water partition coefficient (Wildman–Crippen LogP) is 2.93. The summed E-state index contributed by atoms with van der Waals surface area (Å²) in [6.07, 6.45) is 0. The highest BCUT2D eigenvalue weighted by Gasteiger charge is 2.14. The minimum atomic E-state index is -0.471. The van der Waals surface area contributed by atoms with E-state index in [4.69, 9.17) is 33.8 Å². The number of nitrogens with zero attached hydrogens (tertiary/aromatic N) is 1. The summed E-state index contributed by atoms with van der Waals surface area (Å²) in [6, 6.07) is 7.94. The molecule has 0 saturated carbocycles. The van der Waals surface area contributed by atoms with Gasteiger partial charge in [0.15, 0.2) is 0 Å². The molecule has 1 amide bonds. The number of hydrazine groups is 1. The molecule has 8 heteroatoms. The number of nitrogens with one attached hydrogen (secondary N) is 2. The van der Waals surface area contributed by atoms with Crippen molar-refractivity contribution in [2.75, 3.05) is 17.9 Å². The molecule has 0 saturated heterocycles. The first-order chi connectivity index (χ1) is 10.0. The smallest absolute Gasteiger partial charge is 0.275 e.